The molecule has 0 bridgehead atoms. The minimum Gasteiger partial charge on any atom is -0.494 e. The van der Waals surface area contributed by atoms with Crippen LogP contribution in [0.2, 0.25) is 0 Å². The summed E-state index contributed by atoms with van der Waals surface area (Å²) in [4.78, 5) is 49.6. The van der Waals surface area contributed by atoms with Crippen molar-refractivity contribution in [2.75, 3.05) is 18.5 Å². The van der Waals surface area contributed by atoms with Crippen LogP contribution >= 0.6 is 11.8 Å². The van der Waals surface area contributed by atoms with E-state index in [1.165, 1.54) is 18.2 Å². The second kappa shape index (κ2) is 10.3. The van der Waals surface area contributed by atoms with Gasteiger partial charge in [-0.2, -0.15) is 0 Å². The summed E-state index contributed by atoms with van der Waals surface area (Å²) in [5, 5.41) is 11.2. The van der Waals surface area contributed by atoms with Crippen LogP contribution in [0.15, 0.2) is 70.0 Å². The highest BCUT2D eigenvalue weighted by atomic mass is 32.2. The van der Waals surface area contributed by atoms with Gasteiger partial charge in [0, 0.05) is 17.3 Å². The van der Waals surface area contributed by atoms with Crippen LogP contribution in [0.3, 0.4) is 0 Å². The van der Waals surface area contributed by atoms with Crippen molar-refractivity contribution in [1.29, 1.82) is 0 Å². The summed E-state index contributed by atoms with van der Waals surface area (Å²) in [5.74, 6) is -0.793. The van der Waals surface area contributed by atoms with Crippen LogP contribution in [0.1, 0.15) is 23.0 Å². The van der Waals surface area contributed by atoms with E-state index < -0.39 is 29.6 Å². The zero-order valence-electron chi connectivity index (χ0n) is 18.5. The van der Waals surface area contributed by atoms with Gasteiger partial charge in [-0.05, 0) is 67.2 Å². The lowest BCUT2D eigenvalue weighted by Crippen LogP contribution is -2.36. The van der Waals surface area contributed by atoms with Crippen LogP contribution in [0.25, 0.3) is 17.4 Å². The number of aromatic carboxylic acids is 1. The Morgan fingerprint density at radius 3 is 2.60 bits per heavy atom. The fraction of sp³-hybridized carbons (Fsp3) is 0.120. The quantitative estimate of drug-likeness (QED) is 0.433. The zero-order valence-corrected chi connectivity index (χ0v) is 19.3. The highest BCUT2D eigenvalue weighted by Crippen LogP contribution is 2.33. The molecular weight excluding hydrogens is 472 g/mol. The van der Waals surface area contributed by atoms with E-state index in [9.17, 15) is 19.2 Å². The molecule has 4 rings (SSSR count). The number of rotatable bonds is 8. The van der Waals surface area contributed by atoms with E-state index in [0.717, 1.165) is 4.90 Å². The lowest BCUT2D eigenvalue weighted by molar-refractivity contribution is -0.127. The Morgan fingerprint density at radius 1 is 1.11 bits per heavy atom. The Bertz CT molecular complexity index is 1330. The maximum absolute atomic E-state index is 12.7. The number of imide groups is 1. The lowest BCUT2D eigenvalue weighted by atomic mass is 10.1. The molecule has 3 amide bonds. The summed E-state index contributed by atoms with van der Waals surface area (Å²) < 4.78 is 11.1. The minimum atomic E-state index is -1.06. The molecule has 35 heavy (non-hydrogen) atoms. The fourth-order valence-corrected chi connectivity index (χ4v) is 4.12. The number of amides is 3. The number of furan rings is 1. The van der Waals surface area contributed by atoms with E-state index in [0.29, 0.717) is 46.9 Å². The Labute approximate surface area is 204 Å². The molecule has 0 aliphatic carbocycles. The molecule has 2 N–H and O–H groups in total. The van der Waals surface area contributed by atoms with Gasteiger partial charge in [-0.3, -0.25) is 19.3 Å². The molecule has 1 saturated heterocycles. The van der Waals surface area contributed by atoms with E-state index >= 15 is 0 Å². The molecular formula is C25H20N2O7S. The number of benzene rings is 2. The van der Waals surface area contributed by atoms with Gasteiger partial charge < -0.3 is 19.6 Å². The van der Waals surface area contributed by atoms with Crippen molar-refractivity contribution in [2.24, 2.45) is 0 Å². The van der Waals surface area contributed by atoms with Crippen molar-refractivity contribution in [3.63, 3.8) is 0 Å². The van der Waals surface area contributed by atoms with Crippen LogP contribution in [0.4, 0.5) is 10.5 Å². The molecule has 2 aromatic carbocycles. The normalized spacial score (nSPS) is 14.4. The molecule has 2 heterocycles. The molecule has 0 radical (unpaired) electrons. The summed E-state index contributed by atoms with van der Waals surface area (Å²) in [6, 6.07) is 16.2. The number of hydrogen-bond acceptors (Lipinski definition) is 7. The Kier molecular flexibility index (Phi) is 7.02. The molecule has 1 fully saturated rings. The smallest absolute Gasteiger partial charge is 0.335 e. The van der Waals surface area contributed by atoms with Gasteiger partial charge in [-0.25, -0.2) is 4.79 Å². The van der Waals surface area contributed by atoms with Crippen molar-refractivity contribution < 1.29 is 33.4 Å². The summed E-state index contributed by atoms with van der Waals surface area (Å²) in [5.41, 5.74) is 1.18. The fourth-order valence-electron chi connectivity index (χ4n) is 3.30. The van der Waals surface area contributed by atoms with E-state index in [-0.39, 0.29) is 10.5 Å². The number of carbonyl (C=O) groups is 4. The van der Waals surface area contributed by atoms with Gasteiger partial charge in [0.25, 0.3) is 11.1 Å². The first-order chi connectivity index (χ1) is 16.8. The number of ether oxygens (including phenoxy) is 1. The Hall–Kier alpha value is -4.31. The topological polar surface area (TPSA) is 126 Å². The first-order valence-corrected chi connectivity index (χ1v) is 11.4. The maximum Gasteiger partial charge on any atom is 0.335 e. The summed E-state index contributed by atoms with van der Waals surface area (Å²) >= 11 is 0.708. The van der Waals surface area contributed by atoms with Crippen LogP contribution < -0.4 is 10.1 Å². The second-order valence-electron chi connectivity index (χ2n) is 7.36. The van der Waals surface area contributed by atoms with Gasteiger partial charge in [0.2, 0.25) is 5.91 Å². The SMILES string of the molecule is CCOc1ccc(NC(=O)CN2C(=O)S/C(=C/c3ccc(-c4cccc(C(=O)O)c4)o3)C2=O)cc1. The third-order valence-electron chi connectivity index (χ3n) is 4.92. The second-order valence-corrected chi connectivity index (χ2v) is 8.35. The number of carboxylic acid groups (broad SMARTS) is 1. The highest BCUT2D eigenvalue weighted by Gasteiger charge is 2.36. The average Bonchev–Trinajstić information content (AvgIpc) is 3.41. The van der Waals surface area contributed by atoms with Crippen molar-refractivity contribution in [3.8, 4) is 17.1 Å². The first kappa shape index (κ1) is 23.8. The van der Waals surface area contributed by atoms with Crippen LogP contribution in [-0.2, 0) is 9.59 Å². The Morgan fingerprint density at radius 2 is 1.89 bits per heavy atom. The molecule has 9 nitrogen and oxygen atoms in total. The van der Waals surface area contributed by atoms with Crippen molar-refractivity contribution in [2.45, 2.75) is 6.92 Å². The molecule has 0 atom stereocenters. The van der Waals surface area contributed by atoms with Crippen molar-refractivity contribution in [1.82, 2.24) is 4.90 Å². The van der Waals surface area contributed by atoms with Gasteiger partial charge >= 0.3 is 5.97 Å². The van der Waals surface area contributed by atoms with Crippen molar-refractivity contribution in [3.05, 3.63) is 76.9 Å². The van der Waals surface area contributed by atoms with Crippen LogP contribution in [-0.4, -0.2) is 46.2 Å². The minimum absolute atomic E-state index is 0.115. The number of hydrogen-bond donors (Lipinski definition) is 2. The van der Waals surface area contributed by atoms with Crippen molar-refractivity contribution >= 4 is 46.5 Å². The molecule has 178 valence electrons. The molecule has 1 aliphatic rings. The van der Waals surface area contributed by atoms with Crippen LogP contribution in [0.5, 0.6) is 5.75 Å². The van der Waals surface area contributed by atoms with Gasteiger partial charge in [-0.1, -0.05) is 12.1 Å². The largest absolute Gasteiger partial charge is 0.494 e. The standard InChI is InChI=1S/C25H20N2O7S/c1-2-33-18-8-6-17(7-9-18)26-22(28)14-27-23(29)21(35-25(27)32)13-19-10-11-20(34-19)15-4-3-5-16(12-15)24(30)31/h3-13H,2,14H2,1H3,(H,26,28)(H,30,31)/b21-13+. The van der Waals surface area contributed by atoms with Gasteiger partial charge in [0.1, 0.15) is 23.8 Å². The predicted octanol–water partition coefficient (Wildman–Crippen LogP) is 4.72. The van der Waals surface area contributed by atoms with Gasteiger partial charge in [0.15, 0.2) is 0 Å². The zero-order chi connectivity index (χ0) is 24.9. The van der Waals surface area contributed by atoms with E-state index in [4.69, 9.17) is 14.3 Å². The third kappa shape index (κ3) is 5.61. The Balaban J connectivity index is 1.42. The molecule has 10 heteroatoms. The average molecular weight is 493 g/mol. The van der Waals surface area contributed by atoms with E-state index in [2.05, 4.69) is 5.32 Å². The van der Waals surface area contributed by atoms with E-state index in [1.807, 2.05) is 6.92 Å². The molecule has 0 unspecified atom stereocenters. The van der Waals surface area contributed by atoms with Crippen LogP contribution in [0, 0.1) is 0 Å². The number of thioether (sulfide) groups is 1. The molecule has 1 aliphatic heterocycles. The lowest BCUT2D eigenvalue weighted by Gasteiger charge is -2.12. The van der Waals surface area contributed by atoms with Gasteiger partial charge in [0.05, 0.1) is 17.1 Å². The summed E-state index contributed by atoms with van der Waals surface area (Å²) in [7, 11) is 0. The molecule has 0 spiro atoms. The summed E-state index contributed by atoms with van der Waals surface area (Å²) in [6.45, 7) is 1.96. The molecule has 3 aromatic rings. The third-order valence-corrected chi connectivity index (χ3v) is 5.83. The molecule has 0 saturated carbocycles. The molecule has 1 aromatic heterocycles. The monoisotopic (exact) mass is 492 g/mol. The number of nitrogens with zero attached hydrogens (tertiary/aromatic N) is 1. The number of anilines is 1. The predicted molar refractivity (Wildman–Crippen MR) is 130 cm³/mol. The number of carboxylic acids is 1. The first-order valence-electron chi connectivity index (χ1n) is 10.6. The van der Waals surface area contributed by atoms with E-state index in [1.54, 1.807) is 48.5 Å². The summed E-state index contributed by atoms with van der Waals surface area (Å²) in [6.07, 6.45) is 1.42. The highest BCUT2D eigenvalue weighted by molar-refractivity contribution is 8.18. The van der Waals surface area contributed by atoms with Gasteiger partial charge in [-0.15, -0.1) is 0 Å². The number of carbonyl (C=O) groups excluding carboxylic acids is 3. The number of nitrogens with one attached hydrogen (secondary N) is 1. The maximum atomic E-state index is 12.7.